The van der Waals surface area contributed by atoms with Crippen molar-refractivity contribution >= 4 is 15.9 Å². The average Bonchev–Trinajstić information content (AvgIpc) is 2.38. The maximum Gasteiger partial charge on any atom is 0.429 e. The number of ether oxygens (including phenoxy) is 1. The van der Waals surface area contributed by atoms with E-state index in [-0.39, 0.29) is 10.2 Å². The molecule has 20 heavy (non-hydrogen) atoms. The summed E-state index contributed by atoms with van der Waals surface area (Å²) in [6.07, 6.45) is -4.09. The van der Waals surface area contributed by atoms with Crippen LogP contribution in [0.5, 0.6) is 5.75 Å². The molecule has 0 spiro atoms. The summed E-state index contributed by atoms with van der Waals surface area (Å²) in [7, 11) is 0. The van der Waals surface area contributed by atoms with Gasteiger partial charge in [0, 0.05) is 0 Å². The molecule has 0 N–H and O–H groups in total. The van der Waals surface area contributed by atoms with Crippen LogP contribution in [0.25, 0.3) is 0 Å². The average molecular weight is 353 g/mol. The number of hydrogen-bond acceptors (Lipinski definition) is 1. The normalized spacial score (nSPS) is 11.5. The lowest BCUT2D eigenvalue weighted by Gasteiger charge is -2.19. The van der Waals surface area contributed by atoms with Crippen LogP contribution in [0.3, 0.4) is 0 Å². The molecule has 0 aliphatic carbocycles. The van der Waals surface area contributed by atoms with Crippen molar-refractivity contribution in [2.24, 2.45) is 0 Å². The highest BCUT2D eigenvalue weighted by molar-refractivity contribution is 9.10. The van der Waals surface area contributed by atoms with Gasteiger partial charge in [-0.2, -0.15) is 8.78 Å². The quantitative estimate of drug-likeness (QED) is 0.558. The van der Waals surface area contributed by atoms with Gasteiger partial charge in [0.2, 0.25) is 0 Å². The van der Waals surface area contributed by atoms with Gasteiger partial charge in [0.05, 0.1) is 4.47 Å². The van der Waals surface area contributed by atoms with Gasteiger partial charge in [0.15, 0.2) is 11.6 Å². The van der Waals surface area contributed by atoms with Crippen molar-refractivity contribution in [1.82, 2.24) is 0 Å². The minimum Gasteiger partial charge on any atom is -0.429 e. The molecule has 0 radical (unpaired) electrons. The fourth-order valence-electron chi connectivity index (χ4n) is 1.46. The predicted molar refractivity (Wildman–Crippen MR) is 65.0 cm³/mol. The summed E-state index contributed by atoms with van der Waals surface area (Å²) in [6, 6.07) is 5.36. The Labute approximate surface area is 119 Å². The van der Waals surface area contributed by atoms with E-state index in [0.717, 1.165) is 30.3 Å². The summed E-state index contributed by atoms with van der Waals surface area (Å²) >= 11 is 2.68. The van der Waals surface area contributed by atoms with Crippen LogP contribution in [0.4, 0.5) is 22.0 Å². The molecule has 0 saturated carbocycles. The van der Waals surface area contributed by atoms with Crippen LogP contribution in [0.1, 0.15) is 5.56 Å². The van der Waals surface area contributed by atoms with Gasteiger partial charge in [-0.25, -0.2) is 13.2 Å². The Balaban J connectivity index is 2.35. The molecule has 0 aliphatic rings. The summed E-state index contributed by atoms with van der Waals surface area (Å²) in [5.41, 5.74) is -1.25. The summed E-state index contributed by atoms with van der Waals surface area (Å²) < 4.78 is 71.0. The largest absolute Gasteiger partial charge is 0.429 e. The SMILES string of the molecule is Fc1ccc(OC(F)(F)c2ccc(Br)c(F)c2F)cc1. The summed E-state index contributed by atoms with van der Waals surface area (Å²) in [5, 5.41) is 0. The second-order valence-electron chi connectivity index (χ2n) is 3.80. The molecular weight excluding hydrogens is 347 g/mol. The summed E-state index contributed by atoms with van der Waals surface area (Å²) in [5.74, 6) is -4.17. The Morgan fingerprint density at radius 2 is 1.45 bits per heavy atom. The van der Waals surface area contributed by atoms with Gasteiger partial charge in [-0.1, -0.05) is 0 Å². The molecule has 0 saturated heterocycles. The molecular formula is C13H6BrF5O. The number of benzene rings is 2. The van der Waals surface area contributed by atoms with Crippen LogP contribution < -0.4 is 4.74 Å². The highest BCUT2D eigenvalue weighted by Crippen LogP contribution is 2.35. The second-order valence-corrected chi connectivity index (χ2v) is 4.65. The maximum atomic E-state index is 13.8. The zero-order chi connectivity index (χ0) is 14.9. The van der Waals surface area contributed by atoms with Gasteiger partial charge in [-0.3, -0.25) is 0 Å². The van der Waals surface area contributed by atoms with Crippen molar-refractivity contribution in [3.05, 3.63) is 63.9 Å². The molecule has 0 bridgehead atoms. The Hall–Kier alpha value is -1.63. The van der Waals surface area contributed by atoms with E-state index >= 15 is 0 Å². The van der Waals surface area contributed by atoms with Gasteiger partial charge in [0.1, 0.15) is 17.1 Å². The zero-order valence-electron chi connectivity index (χ0n) is 9.64. The third-order valence-corrected chi connectivity index (χ3v) is 3.02. The zero-order valence-corrected chi connectivity index (χ0v) is 11.2. The van der Waals surface area contributed by atoms with E-state index in [1.807, 2.05) is 0 Å². The highest BCUT2D eigenvalue weighted by atomic mass is 79.9. The third-order valence-electron chi connectivity index (χ3n) is 2.41. The van der Waals surface area contributed by atoms with E-state index in [1.165, 1.54) is 0 Å². The summed E-state index contributed by atoms with van der Waals surface area (Å²) in [4.78, 5) is 0. The Kier molecular flexibility index (Phi) is 3.99. The van der Waals surface area contributed by atoms with E-state index in [0.29, 0.717) is 6.07 Å². The first-order valence-corrected chi connectivity index (χ1v) is 6.07. The maximum absolute atomic E-state index is 13.8. The van der Waals surface area contributed by atoms with E-state index in [2.05, 4.69) is 20.7 Å². The van der Waals surface area contributed by atoms with Crippen LogP contribution in [0.2, 0.25) is 0 Å². The molecule has 0 fully saturated rings. The molecule has 2 aromatic carbocycles. The number of halogens is 6. The van der Waals surface area contributed by atoms with Gasteiger partial charge in [-0.15, -0.1) is 0 Å². The van der Waals surface area contributed by atoms with Crippen LogP contribution in [-0.4, -0.2) is 0 Å². The van der Waals surface area contributed by atoms with E-state index < -0.39 is 29.1 Å². The molecule has 0 amide bonds. The predicted octanol–water partition coefficient (Wildman–Crippen LogP) is 4.99. The molecule has 1 nitrogen and oxygen atoms in total. The smallest absolute Gasteiger partial charge is 0.429 e. The first-order chi connectivity index (χ1) is 9.31. The minimum absolute atomic E-state index is 0.281. The van der Waals surface area contributed by atoms with Gasteiger partial charge in [-0.05, 0) is 52.3 Å². The number of alkyl halides is 2. The molecule has 2 rings (SSSR count). The van der Waals surface area contributed by atoms with Crippen molar-refractivity contribution in [1.29, 1.82) is 0 Å². The standard InChI is InChI=1S/C13H6BrF5O/c14-10-6-5-9(11(16)12(10)17)13(18,19)20-8-3-1-7(15)2-4-8/h1-6H. The molecule has 0 aromatic heterocycles. The first-order valence-electron chi connectivity index (χ1n) is 5.27. The lowest BCUT2D eigenvalue weighted by molar-refractivity contribution is -0.187. The van der Waals surface area contributed by atoms with E-state index in [1.54, 1.807) is 0 Å². The molecule has 0 atom stereocenters. The van der Waals surface area contributed by atoms with Gasteiger partial charge >= 0.3 is 6.11 Å². The van der Waals surface area contributed by atoms with Crippen LogP contribution in [0.15, 0.2) is 40.9 Å². The Bertz CT molecular complexity index is 627. The van der Waals surface area contributed by atoms with Crippen LogP contribution in [0, 0.1) is 17.5 Å². The highest BCUT2D eigenvalue weighted by Gasteiger charge is 2.39. The van der Waals surface area contributed by atoms with Gasteiger partial charge in [0.25, 0.3) is 0 Å². The first kappa shape index (κ1) is 14.8. The van der Waals surface area contributed by atoms with Crippen molar-refractivity contribution in [3.63, 3.8) is 0 Å². The minimum atomic E-state index is -4.09. The Morgan fingerprint density at radius 3 is 2.05 bits per heavy atom. The fraction of sp³-hybridized carbons (Fsp3) is 0.0769. The van der Waals surface area contributed by atoms with E-state index in [4.69, 9.17) is 0 Å². The third kappa shape index (κ3) is 2.92. The van der Waals surface area contributed by atoms with E-state index in [9.17, 15) is 22.0 Å². The van der Waals surface area contributed by atoms with Crippen molar-refractivity contribution in [3.8, 4) is 5.75 Å². The van der Waals surface area contributed by atoms with Crippen molar-refractivity contribution in [2.75, 3.05) is 0 Å². The molecule has 7 heteroatoms. The molecule has 2 aromatic rings. The molecule has 0 heterocycles. The lowest BCUT2D eigenvalue weighted by atomic mass is 10.2. The number of rotatable bonds is 3. The van der Waals surface area contributed by atoms with Crippen LogP contribution in [-0.2, 0) is 6.11 Å². The fourth-order valence-corrected chi connectivity index (χ4v) is 1.76. The lowest BCUT2D eigenvalue weighted by Crippen LogP contribution is -2.24. The van der Waals surface area contributed by atoms with Crippen LogP contribution >= 0.6 is 15.9 Å². The molecule has 106 valence electrons. The number of hydrogen-bond donors (Lipinski definition) is 0. The molecule has 0 aliphatic heterocycles. The Morgan fingerprint density at radius 1 is 0.850 bits per heavy atom. The monoisotopic (exact) mass is 352 g/mol. The van der Waals surface area contributed by atoms with Crippen molar-refractivity contribution < 1.29 is 26.7 Å². The summed E-state index contributed by atoms with van der Waals surface area (Å²) in [6.45, 7) is 0. The molecule has 0 unspecified atom stereocenters. The van der Waals surface area contributed by atoms with Crippen molar-refractivity contribution in [2.45, 2.75) is 6.11 Å². The second kappa shape index (κ2) is 5.40. The van der Waals surface area contributed by atoms with Gasteiger partial charge < -0.3 is 4.74 Å². The topological polar surface area (TPSA) is 9.23 Å².